The minimum absolute atomic E-state index is 0.218. The van der Waals surface area contributed by atoms with Gasteiger partial charge in [0.15, 0.2) is 0 Å². The van der Waals surface area contributed by atoms with Crippen LogP contribution in [0.15, 0.2) is 28.9 Å². The van der Waals surface area contributed by atoms with Crippen LogP contribution in [0.1, 0.15) is 44.8 Å². The summed E-state index contributed by atoms with van der Waals surface area (Å²) in [5, 5.41) is 9.21. The van der Waals surface area contributed by atoms with Crippen LogP contribution in [-0.2, 0) is 29.7 Å². The third-order valence-corrected chi connectivity index (χ3v) is 5.51. The standard InChI is InChI=1S/C19H18BrN5O4/c1-24-14(7-15(20)23-24)17(27)21-8-10-2-3-12-11(6-10)9-25(19(12)29)13-4-5-16(26)22-18(13)28/h2-3,6-7,13H,4-5,8-9H2,1H3,(H,21,27)(H,22,26,28). The molecule has 2 N–H and O–H groups in total. The van der Waals surface area contributed by atoms with Gasteiger partial charge in [-0.15, -0.1) is 0 Å². The van der Waals surface area contributed by atoms with Gasteiger partial charge in [0.05, 0.1) is 0 Å². The quantitative estimate of drug-likeness (QED) is 0.658. The second kappa shape index (κ2) is 7.43. The molecular weight excluding hydrogens is 442 g/mol. The molecule has 10 heteroatoms. The van der Waals surface area contributed by atoms with E-state index in [9.17, 15) is 19.2 Å². The van der Waals surface area contributed by atoms with Crippen LogP contribution in [0.2, 0.25) is 0 Å². The van der Waals surface area contributed by atoms with Crippen molar-refractivity contribution in [3.05, 3.63) is 51.3 Å². The van der Waals surface area contributed by atoms with Gasteiger partial charge in [-0.3, -0.25) is 29.2 Å². The lowest BCUT2D eigenvalue weighted by molar-refractivity contribution is -0.136. The number of amides is 4. The van der Waals surface area contributed by atoms with Crippen LogP contribution in [0, 0.1) is 0 Å². The van der Waals surface area contributed by atoms with E-state index < -0.39 is 11.9 Å². The van der Waals surface area contributed by atoms with Crippen molar-refractivity contribution in [2.24, 2.45) is 7.05 Å². The van der Waals surface area contributed by atoms with Crippen molar-refractivity contribution < 1.29 is 19.2 Å². The smallest absolute Gasteiger partial charge is 0.269 e. The van der Waals surface area contributed by atoms with Crippen molar-refractivity contribution >= 4 is 39.6 Å². The number of nitrogens with zero attached hydrogens (tertiary/aromatic N) is 3. The zero-order valence-corrected chi connectivity index (χ0v) is 17.2. The topological polar surface area (TPSA) is 113 Å². The number of benzene rings is 1. The molecule has 1 unspecified atom stereocenters. The number of imide groups is 1. The highest BCUT2D eigenvalue weighted by molar-refractivity contribution is 9.10. The molecule has 29 heavy (non-hydrogen) atoms. The SMILES string of the molecule is Cn1nc(Br)cc1C(=O)NCc1ccc2c(c1)CN(C1CCC(=O)NC1=O)C2=O. The summed E-state index contributed by atoms with van der Waals surface area (Å²) in [5.74, 6) is -1.22. The van der Waals surface area contributed by atoms with Crippen molar-refractivity contribution in [1.82, 2.24) is 25.3 Å². The maximum absolute atomic E-state index is 12.7. The summed E-state index contributed by atoms with van der Waals surface area (Å²) in [4.78, 5) is 50.0. The van der Waals surface area contributed by atoms with Gasteiger partial charge in [-0.1, -0.05) is 12.1 Å². The molecule has 2 aliphatic heterocycles. The van der Waals surface area contributed by atoms with Crippen molar-refractivity contribution in [3.63, 3.8) is 0 Å². The van der Waals surface area contributed by atoms with Gasteiger partial charge < -0.3 is 10.2 Å². The predicted octanol–water partition coefficient (Wildman–Crippen LogP) is 0.874. The van der Waals surface area contributed by atoms with Gasteiger partial charge in [0.25, 0.3) is 11.8 Å². The van der Waals surface area contributed by atoms with Crippen LogP contribution >= 0.6 is 15.9 Å². The van der Waals surface area contributed by atoms with Gasteiger partial charge in [0.1, 0.15) is 16.3 Å². The Morgan fingerprint density at radius 1 is 1.31 bits per heavy atom. The molecule has 4 amide bonds. The summed E-state index contributed by atoms with van der Waals surface area (Å²) < 4.78 is 2.06. The Balaban J connectivity index is 1.45. The van der Waals surface area contributed by atoms with Gasteiger partial charge in [0, 0.05) is 38.2 Å². The van der Waals surface area contributed by atoms with E-state index in [0.717, 1.165) is 11.1 Å². The molecule has 1 aromatic carbocycles. The van der Waals surface area contributed by atoms with E-state index in [2.05, 4.69) is 31.7 Å². The van der Waals surface area contributed by atoms with Crippen LogP contribution in [-0.4, -0.2) is 44.4 Å². The van der Waals surface area contributed by atoms with E-state index in [4.69, 9.17) is 0 Å². The Bertz CT molecular complexity index is 1050. The second-order valence-electron chi connectivity index (χ2n) is 7.05. The molecule has 3 heterocycles. The maximum Gasteiger partial charge on any atom is 0.269 e. The van der Waals surface area contributed by atoms with Gasteiger partial charge in [0.2, 0.25) is 11.8 Å². The van der Waals surface area contributed by atoms with Crippen LogP contribution < -0.4 is 10.6 Å². The molecule has 0 saturated carbocycles. The van der Waals surface area contributed by atoms with Gasteiger partial charge in [-0.25, -0.2) is 0 Å². The lowest BCUT2D eigenvalue weighted by Gasteiger charge is -2.29. The first-order valence-electron chi connectivity index (χ1n) is 9.07. The molecule has 0 spiro atoms. The summed E-state index contributed by atoms with van der Waals surface area (Å²) in [5.41, 5.74) is 2.61. The Morgan fingerprint density at radius 2 is 2.10 bits per heavy atom. The third-order valence-electron chi connectivity index (χ3n) is 5.12. The summed E-state index contributed by atoms with van der Waals surface area (Å²) in [6.45, 7) is 0.596. The number of carbonyl (C=O) groups excluding carboxylic acids is 4. The van der Waals surface area contributed by atoms with E-state index in [1.54, 1.807) is 25.2 Å². The number of piperidine rings is 1. The van der Waals surface area contributed by atoms with Crippen LogP contribution in [0.3, 0.4) is 0 Å². The highest BCUT2D eigenvalue weighted by Crippen LogP contribution is 2.28. The lowest BCUT2D eigenvalue weighted by atomic mass is 10.0. The molecule has 1 atom stereocenters. The highest BCUT2D eigenvalue weighted by Gasteiger charge is 2.39. The molecule has 1 fully saturated rings. The number of aryl methyl sites for hydroxylation is 1. The van der Waals surface area contributed by atoms with Crippen molar-refractivity contribution in [2.45, 2.75) is 32.0 Å². The Kier molecular flexibility index (Phi) is 4.95. The van der Waals surface area contributed by atoms with E-state index in [1.807, 2.05) is 6.07 Å². The van der Waals surface area contributed by atoms with Crippen LogP contribution in [0.25, 0.3) is 0 Å². The largest absolute Gasteiger partial charge is 0.347 e. The number of rotatable bonds is 4. The number of hydrogen-bond donors (Lipinski definition) is 2. The Labute approximate surface area is 174 Å². The molecule has 0 bridgehead atoms. The zero-order chi connectivity index (χ0) is 20.7. The summed E-state index contributed by atoms with van der Waals surface area (Å²) in [7, 11) is 1.68. The molecule has 1 saturated heterocycles. The van der Waals surface area contributed by atoms with Gasteiger partial charge in [-0.05, 0) is 39.5 Å². The van der Waals surface area contributed by atoms with Crippen LogP contribution in [0.5, 0.6) is 0 Å². The van der Waals surface area contributed by atoms with Crippen molar-refractivity contribution in [3.8, 4) is 0 Å². The lowest BCUT2D eigenvalue weighted by Crippen LogP contribution is -2.52. The third kappa shape index (κ3) is 3.67. The monoisotopic (exact) mass is 459 g/mol. The fourth-order valence-electron chi connectivity index (χ4n) is 3.66. The average Bonchev–Trinajstić information content (AvgIpc) is 3.18. The van der Waals surface area contributed by atoms with Crippen LogP contribution in [0.4, 0.5) is 0 Å². The van der Waals surface area contributed by atoms with E-state index in [1.165, 1.54) is 9.58 Å². The molecule has 2 aromatic rings. The second-order valence-corrected chi connectivity index (χ2v) is 7.86. The van der Waals surface area contributed by atoms with Crippen molar-refractivity contribution in [2.75, 3.05) is 0 Å². The van der Waals surface area contributed by atoms with E-state index in [-0.39, 0.29) is 24.1 Å². The summed E-state index contributed by atoms with van der Waals surface area (Å²) in [6.07, 6.45) is 0.547. The number of halogens is 1. The normalized spacial score (nSPS) is 18.6. The van der Waals surface area contributed by atoms with Gasteiger partial charge in [-0.2, -0.15) is 5.10 Å². The fraction of sp³-hybridized carbons (Fsp3) is 0.316. The van der Waals surface area contributed by atoms with Crippen molar-refractivity contribution in [1.29, 1.82) is 0 Å². The minimum Gasteiger partial charge on any atom is -0.347 e. The number of fused-ring (bicyclic) bond motifs is 1. The van der Waals surface area contributed by atoms with Gasteiger partial charge >= 0.3 is 0 Å². The fourth-order valence-corrected chi connectivity index (χ4v) is 4.11. The first-order valence-corrected chi connectivity index (χ1v) is 9.87. The van der Waals surface area contributed by atoms with E-state index >= 15 is 0 Å². The predicted molar refractivity (Wildman–Crippen MR) is 105 cm³/mol. The molecule has 150 valence electrons. The molecule has 0 aliphatic carbocycles. The Morgan fingerprint density at radius 3 is 2.79 bits per heavy atom. The molecule has 9 nitrogen and oxygen atoms in total. The summed E-state index contributed by atoms with van der Waals surface area (Å²) >= 11 is 3.24. The number of nitrogens with one attached hydrogen (secondary N) is 2. The maximum atomic E-state index is 12.7. The molecule has 2 aliphatic rings. The molecule has 1 aromatic heterocycles. The molecule has 4 rings (SSSR count). The zero-order valence-electron chi connectivity index (χ0n) is 15.6. The Hall–Kier alpha value is -3.01. The number of aromatic nitrogens is 2. The first-order chi connectivity index (χ1) is 13.8. The minimum atomic E-state index is -0.640. The molecule has 0 radical (unpaired) electrons. The average molecular weight is 460 g/mol. The van der Waals surface area contributed by atoms with E-state index in [0.29, 0.717) is 35.4 Å². The molecular formula is C19H18BrN5O4. The number of hydrogen-bond acceptors (Lipinski definition) is 5. The first kappa shape index (κ1) is 19.3. The number of carbonyl (C=O) groups is 4. The summed E-state index contributed by atoms with van der Waals surface area (Å²) in [6, 6.07) is 6.35. The highest BCUT2D eigenvalue weighted by atomic mass is 79.9.